The molecule has 0 aromatic heterocycles. The fourth-order valence-corrected chi connectivity index (χ4v) is 2.47. The van der Waals surface area contributed by atoms with E-state index in [-0.39, 0.29) is 0 Å². The SMILES string of the molecule is CN1CCC(=O)N1CCC1CCNCC1. The van der Waals surface area contributed by atoms with Crippen molar-refractivity contribution in [3.05, 3.63) is 0 Å². The highest BCUT2D eigenvalue weighted by Gasteiger charge is 2.26. The molecule has 0 aromatic rings. The number of carbonyl (C=O) groups is 1. The summed E-state index contributed by atoms with van der Waals surface area (Å²) in [6.45, 7) is 4.11. The van der Waals surface area contributed by atoms with Crippen LogP contribution in [0.4, 0.5) is 0 Å². The highest BCUT2D eigenvalue weighted by Crippen LogP contribution is 2.18. The van der Waals surface area contributed by atoms with Crippen LogP contribution < -0.4 is 5.32 Å². The maximum Gasteiger partial charge on any atom is 0.238 e. The minimum atomic E-state index is 0.298. The number of hydrogen-bond donors (Lipinski definition) is 1. The minimum absolute atomic E-state index is 0.298. The first kappa shape index (κ1) is 10.9. The Morgan fingerprint density at radius 1 is 1.40 bits per heavy atom. The quantitative estimate of drug-likeness (QED) is 0.736. The molecule has 2 rings (SSSR count). The highest BCUT2D eigenvalue weighted by molar-refractivity contribution is 5.77. The second-order valence-electron chi connectivity index (χ2n) is 4.63. The first-order valence-corrected chi connectivity index (χ1v) is 5.99. The van der Waals surface area contributed by atoms with Gasteiger partial charge in [0.2, 0.25) is 5.91 Å². The molecule has 0 aliphatic carbocycles. The van der Waals surface area contributed by atoms with E-state index in [1.807, 2.05) is 12.1 Å². The van der Waals surface area contributed by atoms with Gasteiger partial charge in [-0.2, -0.15) is 0 Å². The zero-order chi connectivity index (χ0) is 10.7. The molecule has 0 saturated carbocycles. The number of nitrogens with one attached hydrogen (secondary N) is 1. The van der Waals surface area contributed by atoms with E-state index in [0.29, 0.717) is 12.3 Å². The Hall–Kier alpha value is -0.610. The highest BCUT2D eigenvalue weighted by atomic mass is 16.2. The molecule has 2 aliphatic heterocycles. The molecule has 0 aromatic carbocycles. The molecule has 15 heavy (non-hydrogen) atoms. The monoisotopic (exact) mass is 211 g/mol. The van der Waals surface area contributed by atoms with Crippen LogP contribution in [0.15, 0.2) is 0 Å². The predicted octanol–water partition coefficient (Wildman–Crippen LogP) is 0.455. The Kier molecular flexibility index (Phi) is 3.59. The van der Waals surface area contributed by atoms with E-state index in [9.17, 15) is 4.79 Å². The molecule has 2 aliphatic rings. The van der Waals surface area contributed by atoms with Crippen LogP contribution in [-0.4, -0.2) is 49.2 Å². The van der Waals surface area contributed by atoms with Crippen molar-refractivity contribution in [2.45, 2.75) is 25.7 Å². The number of amides is 1. The second kappa shape index (κ2) is 4.94. The third-order valence-corrected chi connectivity index (χ3v) is 3.56. The van der Waals surface area contributed by atoms with E-state index < -0.39 is 0 Å². The van der Waals surface area contributed by atoms with Gasteiger partial charge in [0.15, 0.2) is 0 Å². The summed E-state index contributed by atoms with van der Waals surface area (Å²) in [6, 6.07) is 0. The lowest BCUT2D eigenvalue weighted by molar-refractivity contribution is -0.136. The summed E-state index contributed by atoms with van der Waals surface area (Å²) >= 11 is 0. The molecule has 2 saturated heterocycles. The molecule has 0 spiro atoms. The number of carbonyl (C=O) groups excluding carboxylic acids is 1. The summed E-state index contributed by atoms with van der Waals surface area (Å²) in [5.74, 6) is 1.11. The third kappa shape index (κ3) is 2.69. The average Bonchev–Trinajstić information content (AvgIpc) is 2.58. The number of hydrazine groups is 1. The minimum Gasteiger partial charge on any atom is -0.317 e. The Balaban J connectivity index is 1.74. The molecule has 4 heteroatoms. The molecular weight excluding hydrogens is 190 g/mol. The summed E-state index contributed by atoms with van der Waals surface area (Å²) < 4.78 is 0. The molecule has 0 unspecified atom stereocenters. The molecule has 0 bridgehead atoms. The van der Waals surface area contributed by atoms with Crippen molar-refractivity contribution in [3.63, 3.8) is 0 Å². The van der Waals surface area contributed by atoms with Crippen LogP contribution in [0.3, 0.4) is 0 Å². The molecule has 0 radical (unpaired) electrons. The number of rotatable bonds is 3. The Morgan fingerprint density at radius 2 is 2.13 bits per heavy atom. The van der Waals surface area contributed by atoms with Crippen LogP contribution in [0.2, 0.25) is 0 Å². The van der Waals surface area contributed by atoms with Gasteiger partial charge < -0.3 is 5.32 Å². The fourth-order valence-electron chi connectivity index (χ4n) is 2.47. The topological polar surface area (TPSA) is 35.6 Å². The first-order chi connectivity index (χ1) is 7.27. The standard InChI is InChI=1S/C11H21N3O/c1-13-8-5-11(15)14(13)9-4-10-2-6-12-7-3-10/h10,12H,2-9H2,1H3. The third-order valence-electron chi connectivity index (χ3n) is 3.56. The summed E-state index contributed by atoms with van der Waals surface area (Å²) in [4.78, 5) is 11.5. The van der Waals surface area contributed by atoms with Gasteiger partial charge in [-0.25, -0.2) is 5.01 Å². The zero-order valence-electron chi connectivity index (χ0n) is 9.54. The molecule has 1 amide bonds. The van der Waals surface area contributed by atoms with E-state index >= 15 is 0 Å². The van der Waals surface area contributed by atoms with Crippen molar-refractivity contribution in [1.29, 1.82) is 0 Å². The van der Waals surface area contributed by atoms with E-state index in [1.165, 1.54) is 12.8 Å². The van der Waals surface area contributed by atoms with Gasteiger partial charge in [-0.15, -0.1) is 0 Å². The Morgan fingerprint density at radius 3 is 2.73 bits per heavy atom. The van der Waals surface area contributed by atoms with Gasteiger partial charge in [0, 0.05) is 26.6 Å². The molecule has 4 nitrogen and oxygen atoms in total. The fraction of sp³-hybridized carbons (Fsp3) is 0.909. The van der Waals surface area contributed by atoms with Crippen LogP contribution in [0.1, 0.15) is 25.7 Å². The van der Waals surface area contributed by atoms with E-state index in [4.69, 9.17) is 0 Å². The number of hydrogen-bond acceptors (Lipinski definition) is 3. The lowest BCUT2D eigenvalue weighted by atomic mass is 9.95. The van der Waals surface area contributed by atoms with Gasteiger partial charge in [-0.1, -0.05) is 0 Å². The second-order valence-corrected chi connectivity index (χ2v) is 4.63. The Bertz CT molecular complexity index is 226. The van der Waals surface area contributed by atoms with Crippen molar-refractivity contribution in [1.82, 2.24) is 15.3 Å². The Labute approximate surface area is 91.6 Å². The molecule has 2 heterocycles. The summed E-state index contributed by atoms with van der Waals surface area (Å²) in [7, 11) is 2.01. The maximum absolute atomic E-state index is 11.5. The lowest BCUT2D eigenvalue weighted by Gasteiger charge is -2.28. The smallest absolute Gasteiger partial charge is 0.238 e. The number of piperidine rings is 1. The normalized spacial score (nSPS) is 25.1. The van der Waals surface area contributed by atoms with Crippen molar-refractivity contribution in [2.75, 3.05) is 33.2 Å². The number of nitrogens with zero attached hydrogens (tertiary/aromatic N) is 2. The maximum atomic E-state index is 11.5. The van der Waals surface area contributed by atoms with Gasteiger partial charge >= 0.3 is 0 Å². The zero-order valence-corrected chi connectivity index (χ0v) is 9.54. The molecule has 86 valence electrons. The van der Waals surface area contributed by atoms with Crippen molar-refractivity contribution in [2.24, 2.45) is 5.92 Å². The summed E-state index contributed by atoms with van der Waals surface area (Å²) in [6.07, 6.45) is 4.40. The van der Waals surface area contributed by atoms with Crippen LogP contribution in [0.5, 0.6) is 0 Å². The van der Waals surface area contributed by atoms with E-state index in [2.05, 4.69) is 10.3 Å². The van der Waals surface area contributed by atoms with Gasteiger partial charge in [0.05, 0.1) is 0 Å². The summed E-state index contributed by atoms with van der Waals surface area (Å²) in [5, 5.41) is 7.35. The lowest BCUT2D eigenvalue weighted by Crippen LogP contribution is -2.38. The van der Waals surface area contributed by atoms with Gasteiger partial charge in [-0.05, 0) is 38.3 Å². The van der Waals surface area contributed by atoms with Crippen LogP contribution in [-0.2, 0) is 4.79 Å². The molecular formula is C11H21N3O. The first-order valence-electron chi connectivity index (χ1n) is 5.99. The largest absolute Gasteiger partial charge is 0.317 e. The van der Waals surface area contributed by atoms with Crippen LogP contribution in [0.25, 0.3) is 0 Å². The van der Waals surface area contributed by atoms with Crippen molar-refractivity contribution in [3.8, 4) is 0 Å². The predicted molar refractivity (Wildman–Crippen MR) is 59.2 cm³/mol. The molecule has 2 fully saturated rings. The van der Waals surface area contributed by atoms with Gasteiger partial charge in [0.25, 0.3) is 0 Å². The van der Waals surface area contributed by atoms with Crippen LogP contribution >= 0.6 is 0 Å². The average molecular weight is 211 g/mol. The van der Waals surface area contributed by atoms with Crippen molar-refractivity contribution < 1.29 is 4.79 Å². The van der Waals surface area contributed by atoms with Gasteiger partial charge in [-0.3, -0.25) is 9.80 Å². The van der Waals surface area contributed by atoms with E-state index in [0.717, 1.165) is 38.5 Å². The van der Waals surface area contributed by atoms with Crippen LogP contribution in [0, 0.1) is 5.92 Å². The summed E-state index contributed by atoms with van der Waals surface area (Å²) in [5.41, 5.74) is 0. The molecule has 0 atom stereocenters. The van der Waals surface area contributed by atoms with Crippen molar-refractivity contribution >= 4 is 5.91 Å². The van der Waals surface area contributed by atoms with Gasteiger partial charge in [0.1, 0.15) is 0 Å². The van der Waals surface area contributed by atoms with E-state index in [1.54, 1.807) is 0 Å². The molecule has 1 N–H and O–H groups in total.